The van der Waals surface area contributed by atoms with E-state index in [9.17, 15) is 14.3 Å². The minimum atomic E-state index is -1.22. The highest BCUT2D eigenvalue weighted by Crippen LogP contribution is 2.45. The van der Waals surface area contributed by atoms with E-state index in [2.05, 4.69) is 30.9 Å². The van der Waals surface area contributed by atoms with Gasteiger partial charge in [0.2, 0.25) is 0 Å². The fourth-order valence-corrected chi connectivity index (χ4v) is 6.82. The molecule has 0 amide bonds. The molecule has 1 atom stereocenters. The molecule has 0 aliphatic heterocycles. The number of fused-ring (bicyclic) bond motifs is 1. The van der Waals surface area contributed by atoms with Crippen molar-refractivity contribution in [3.8, 4) is 39.1 Å². The van der Waals surface area contributed by atoms with E-state index in [-0.39, 0.29) is 18.8 Å². The van der Waals surface area contributed by atoms with Crippen LogP contribution in [0.4, 0.5) is 4.39 Å². The highest BCUT2D eigenvalue weighted by Gasteiger charge is 2.25. The van der Waals surface area contributed by atoms with Gasteiger partial charge < -0.3 is 19.3 Å². The number of benzene rings is 3. The van der Waals surface area contributed by atoms with Gasteiger partial charge in [0.05, 0.1) is 28.6 Å². The van der Waals surface area contributed by atoms with Crippen LogP contribution >= 0.6 is 27.3 Å². The number of aliphatic carboxylic acids is 1. The molecule has 0 radical (unpaired) electrons. The average molecular weight is 687 g/mol. The third-order valence-corrected chi connectivity index (χ3v) is 9.16. The molecule has 0 unspecified atom stereocenters. The minimum absolute atomic E-state index is 0.0398. The maximum absolute atomic E-state index is 13.5. The fraction of sp³-hybridized carbons (Fsp3) is 0.118. The number of rotatable bonds is 11. The first-order valence-electron chi connectivity index (χ1n) is 13.8. The molecule has 3 aromatic heterocycles. The Balaban J connectivity index is 1.22. The van der Waals surface area contributed by atoms with Gasteiger partial charge in [0, 0.05) is 23.3 Å². The van der Waals surface area contributed by atoms with Crippen LogP contribution in [-0.4, -0.2) is 39.2 Å². The third kappa shape index (κ3) is 6.64. The third-order valence-electron chi connectivity index (χ3n) is 6.96. The number of hydrogen-bond donors (Lipinski definition) is 1. The second-order valence-corrected chi connectivity index (χ2v) is 11.7. The van der Waals surface area contributed by atoms with Crippen LogP contribution in [0.3, 0.4) is 0 Å². The van der Waals surface area contributed by atoms with Crippen molar-refractivity contribution in [1.82, 2.24) is 15.0 Å². The van der Waals surface area contributed by atoms with E-state index in [4.69, 9.17) is 14.2 Å². The van der Waals surface area contributed by atoms with Crippen LogP contribution in [0.5, 0.6) is 17.2 Å². The molecule has 0 bridgehead atoms. The first kappa shape index (κ1) is 30.2. The number of ether oxygens (including phenoxy) is 3. The number of halogens is 2. The lowest BCUT2D eigenvalue weighted by Gasteiger charge is -2.18. The summed E-state index contributed by atoms with van der Waals surface area (Å²) in [5.74, 6) is 0.589. The molecule has 0 spiro atoms. The van der Waals surface area contributed by atoms with E-state index < -0.39 is 12.1 Å². The van der Waals surface area contributed by atoms with Gasteiger partial charge in [-0.15, -0.1) is 11.3 Å². The maximum Gasteiger partial charge on any atom is 0.345 e. The second kappa shape index (κ2) is 13.4. The number of pyridine rings is 1. The number of hydrogen-bond acceptors (Lipinski definition) is 8. The quantitative estimate of drug-likeness (QED) is 0.146. The number of carboxylic acid groups (broad SMARTS) is 1. The van der Waals surface area contributed by atoms with E-state index >= 15 is 0 Å². The summed E-state index contributed by atoms with van der Waals surface area (Å²) >= 11 is 5.05. The molecule has 0 aliphatic rings. The van der Waals surface area contributed by atoms with E-state index in [1.807, 2.05) is 42.5 Å². The largest absolute Gasteiger partial charge is 0.496 e. The Bertz CT molecular complexity index is 1990. The highest BCUT2D eigenvalue weighted by molar-refractivity contribution is 9.10. The molecular formula is C34H25BrFN3O5S. The molecule has 45 heavy (non-hydrogen) atoms. The summed E-state index contributed by atoms with van der Waals surface area (Å²) < 4.78 is 31.9. The number of aromatic nitrogens is 3. The van der Waals surface area contributed by atoms with Gasteiger partial charge in [-0.25, -0.2) is 24.1 Å². The van der Waals surface area contributed by atoms with Crippen LogP contribution in [0.25, 0.3) is 32.0 Å². The van der Waals surface area contributed by atoms with Crippen LogP contribution in [0, 0.1) is 5.82 Å². The summed E-state index contributed by atoms with van der Waals surface area (Å²) in [4.78, 5) is 27.4. The molecule has 6 rings (SSSR count). The SMILES string of the molecule is COc1ccccc1-c1nccc(COc2ccccc2C[C@@H](Oc2ccnc3sc(-c4ccc(F)cc4)c(Br)c23)C(=O)O)n1. The van der Waals surface area contributed by atoms with Crippen molar-refractivity contribution in [3.63, 3.8) is 0 Å². The van der Waals surface area contributed by atoms with Crippen LogP contribution in [0.2, 0.25) is 0 Å². The number of para-hydroxylation sites is 2. The van der Waals surface area contributed by atoms with Crippen LogP contribution < -0.4 is 14.2 Å². The zero-order valence-corrected chi connectivity index (χ0v) is 26.2. The van der Waals surface area contributed by atoms with Gasteiger partial charge >= 0.3 is 5.97 Å². The minimum Gasteiger partial charge on any atom is -0.496 e. The predicted octanol–water partition coefficient (Wildman–Crippen LogP) is 7.98. The highest BCUT2D eigenvalue weighted by atomic mass is 79.9. The Labute approximate surface area is 270 Å². The number of carbonyl (C=O) groups is 1. The molecule has 226 valence electrons. The lowest BCUT2D eigenvalue weighted by molar-refractivity contribution is -0.145. The zero-order valence-electron chi connectivity index (χ0n) is 23.8. The standard InChI is InChI=1S/C34H25BrFN3O5S/c1-42-26-9-5-3-7-24(26)32-37-16-14-23(39-32)19-43-25-8-4-2-6-21(25)18-28(34(40)41)44-27-15-17-38-33-29(27)30(35)31(45-33)20-10-12-22(36)13-11-20/h2-17,28H,18-19H2,1H3,(H,40,41)/t28-/m1/s1. The normalized spacial score (nSPS) is 11.7. The van der Waals surface area contributed by atoms with Crippen molar-refractivity contribution in [2.75, 3.05) is 7.11 Å². The molecule has 6 aromatic rings. The van der Waals surface area contributed by atoms with Crippen molar-refractivity contribution < 1.29 is 28.5 Å². The van der Waals surface area contributed by atoms with Crippen molar-refractivity contribution in [3.05, 3.63) is 119 Å². The fourth-order valence-electron chi connectivity index (χ4n) is 4.78. The van der Waals surface area contributed by atoms with Gasteiger partial charge in [-0.05, 0) is 69.5 Å². The van der Waals surface area contributed by atoms with E-state index in [0.717, 1.165) is 16.0 Å². The number of methoxy groups -OCH3 is 1. The summed E-state index contributed by atoms with van der Waals surface area (Å²) in [6.45, 7) is 0.138. The Morgan fingerprint density at radius 3 is 2.44 bits per heavy atom. The Morgan fingerprint density at radius 1 is 0.933 bits per heavy atom. The summed E-state index contributed by atoms with van der Waals surface area (Å²) in [5, 5.41) is 10.8. The summed E-state index contributed by atoms with van der Waals surface area (Å²) in [5.41, 5.74) is 2.86. The molecule has 0 aliphatic carbocycles. The Kier molecular flexibility index (Phi) is 8.99. The molecule has 3 heterocycles. The van der Waals surface area contributed by atoms with E-state index in [0.29, 0.717) is 49.0 Å². The number of nitrogens with zero attached hydrogens (tertiary/aromatic N) is 3. The molecule has 1 N–H and O–H groups in total. The smallest absolute Gasteiger partial charge is 0.345 e. The van der Waals surface area contributed by atoms with Gasteiger partial charge in [0.15, 0.2) is 11.9 Å². The van der Waals surface area contributed by atoms with Crippen LogP contribution in [0.15, 0.2) is 102 Å². The molecule has 11 heteroatoms. The van der Waals surface area contributed by atoms with Gasteiger partial charge in [-0.3, -0.25) is 0 Å². The summed E-state index contributed by atoms with van der Waals surface area (Å²) in [6.07, 6.45) is 2.05. The van der Waals surface area contributed by atoms with E-state index in [1.54, 1.807) is 49.8 Å². The van der Waals surface area contributed by atoms with Crippen molar-refractivity contribution in [1.29, 1.82) is 0 Å². The van der Waals surface area contributed by atoms with Gasteiger partial charge in [-0.1, -0.05) is 42.5 Å². The van der Waals surface area contributed by atoms with Crippen LogP contribution in [-0.2, 0) is 17.8 Å². The molecule has 0 saturated carbocycles. The Morgan fingerprint density at radius 2 is 1.67 bits per heavy atom. The first-order valence-corrected chi connectivity index (χ1v) is 15.4. The molecule has 8 nitrogen and oxygen atoms in total. The summed E-state index contributed by atoms with van der Waals surface area (Å²) in [6, 6.07) is 24.3. The number of carboxylic acids is 1. The lowest BCUT2D eigenvalue weighted by atomic mass is 10.1. The monoisotopic (exact) mass is 685 g/mol. The predicted molar refractivity (Wildman–Crippen MR) is 173 cm³/mol. The van der Waals surface area contributed by atoms with Crippen molar-refractivity contribution in [2.24, 2.45) is 0 Å². The number of thiophene rings is 1. The van der Waals surface area contributed by atoms with Gasteiger partial charge in [0.25, 0.3) is 0 Å². The maximum atomic E-state index is 13.5. The van der Waals surface area contributed by atoms with Crippen LogP contribution in [0.1, 0.15) is 11.3 Å². The first-order chi connectivity index (χ1) is 21.9. The van der Waals surface area contributed by atoms with Crippen molar-refractivity contribution in [2.45, 2.75) is 19.1 Å². The molecular weight excluding hydrogens is 661 g/mol. The summed E-state index contributed by atoms with van der Waals surface area (Å²) in [7, 11) is 1.60. The average Bonchev–Trinajstić information content (AvgIpc) is 3.41. The molecule has 0 fully saturated rings. The Hall–Kier alpha value is -4.87. The topological polar surface area (TPSA) is 104 Å². The second-order valence-electron chi connectivity index (χ2n) is 9.86. The van der Waals surface area contributed by atoms with E-state index in [1.165, 1.54) is 23.5 Å². The van der Waals surface area contributed by atoms with Crippen molar-refractivity contribution >= 4 is 43.5 Å². The lowest BCUT2D eigenvalue weighted by Crippen LogP contribution is -2.29. The van der Waals surface area contributed by atoms with Gasteiger partial charge in [-0.2, -0.15) is 0 Å². The molecule has 0 saturated heterocycles. The zero-order chi connectivity index (χ0) is 31.3. The van der Waals surface area contributed by atoms with Gasteiger partial charge in [0.1, 0.15) is 34.5 Å². The molecule has 3 aromatic carbocycles.